The van der Waals surface area contributed by atoms with Gasteiger partial charge in [0.1, 0.15) is 0 Å². The Morgan fingerprint density at radius 3 is 2.94 bits per heavy atom. The quantitative estimate of drug-likeness (QED) is 0.338. The predicted molar refractivity (Wildman–Crippen MR) is 122 cm³/mol. The number of aromatic nitrogens is 5. The van der Waals surface area contributed by atoms with Crippen LogP contribution in [-0.2, 0) is 5.75 Å². The molecule has 4 rings (SSSR count). The molecule has 4 heterocycles. The van der Waals surface area contributed by atoms with E-state index in [4.69, 9.17) is 9.84 Å². The van der Waals surface area contributed by atoms with Crippen molar-refractivity contribution in [3.63, 3.8) is 0 Å². The molecule has 0 aromatic carbocycles. The van der Waals surface area contributed by atoms with E-state index in [1.54, 1.807) is 42.6 Å². The number of ether oxygens (including phenoxy) is 1. The molecule has 4 aromatic heterocycles. The molecule has 0 radical (unpaired) electrons. The number of aliphatic hydroxyl groups is 2. The van der Waals surface area contributed by atoms with Crippen LogP contribution >= 0.6 is 22.9 Å². The maximum absolute atomic E-state index is 9.80. The second-order valence-corrected chi connectivity index (χ2v) is 8.52. The Kier molecular flexibility index (Phi) is 7.37. The minimum atomic E-state index is -0.991. The van der Waals surface area contributed by atoms with Crippen molar-refractivity contribution >= 4 is 34.9 Å². The summed E-state index contributed by atoms with van der Waals surface area (Å²) in [5.41, 5.74) is 2.09. The molecular weight excluding hydrogens is 447 g/mol. The van der Waals surface area contributed by atoms with Crippen molar-refractivity contribution in [3.8, 4) is 11.5 Å². The Morgan fingerprint density at radius 2 is 2.16 bits per heavy atom. The average molecular weight is 466 g/mol. The van der Waals surface area contributed by atoms with E-state index >= 15 is 0 Å². The van der Waals surface area contributed by atoms with Gasteiger partial charge < -0.3 is 0 Å². The molecule has 162 valence electrons. The van der Waals surface area contributed by atoms with Crippen LogP contribution in [0.25, 0.3) is 0 Å². The van der Waals surface area contributed by atoms with E-state index in [1.165, 1.54) is 11.2 Å². The van der Waals surface area contributed by atoms with Gasteiger partial charge in [0.05, 0.1) is 0 Å². The van der Waals surface area contributed by atoms with Crippen LogP contribution in [-0.4, -0.2) is 48.1 Å². The number of rotatable bonds is 8. The number of hydrogen-bond donors (Lipinski definition) is 3. The summed E-state index contributed by atoms with van der Waals surface area (Å²) in [6.45, 7) is 1.43. The number of nitrogens with zero attached hydrogens (tertiary/aromatic N) is 5. The molecule has 9 nitrogen and oxygen atoms in total. The molecule has 4 aromatic rings. The van der Waals surface area contributed by atoms with E-state index in [9.17, 15) is 5.11 Å². The van der Waals surface area contributed by atoms with Crippen LogP contribution in [0.3, 0.4) is 0 Å². The standard InChI is InChI=1S/C20H19BN6O3S2/c1-12-16(5-7-24-27-12)30-17-8-14(31-11-13-4-2-3-6-22-13)9-23-19(17)26-20-25-18(21-32-20)15(29)10-28/h2-9,15,28-29H,10-11H2,1H3,(H,23,25,26). The van der Waals surface area contributed by atoms with E-state index in [0.29, 0.717) is 39.2 Å². The van der Waals surface area contributed by atoms with Gasteiger partial charge in [-0.3, -0.25) is 0 Å². The van der Waals surface area contributed by atoms with Crippen molar-refractivity contribution in [2.24, 2.45) is 4.99 Å². The van der Waals surface area contributed by atoms with Crippen molar-refractivity contribution in [2.75, 3.05) is 6.61 Å². The number of aliphatic hydroxyl groups excluding tert-OH is 2. The molecular formula is C20H19BN6O3S2. The molecule has 3 N–H and O–H groups in total. The number of nitrogens with one attached hydrogen (secondary N) is 1. The molecule has 0 saturated heterocycles. The second kappa shape index (κ2) is 10.6. The molecule has 12 heteroatoms. The first kappa shape index (κ1) is 22.3. The molecule has 1 atom stereocenters. The summed E-state index contributed by atoms with van der Waals surface area (Å²) in [5, 5.41) is 26.8. The summed E-state index contributed by atoms with van der Waals surface area (Å²) in [6, 6.07) is 9.41. The Morgan fingerprint density at radius 1 is 1.25 bits per heavy atom. The van der Waals surface area contributed by atoms with Gasteiger partial charge in [-0.15, -0.1) is 0 Å². The van der Waals surface area contributed by atoms with Crippen LogP contribution in [0.15, 0.2) is 58.8 Å². The molecule has 0 aliphatic carbocycles. The maximum atomic E-state index is 9.80. The average Bonchev–Trinajstić information content (AvgIpc) is 3.29. The number of aryl methyl sites for hydroxylation is 1. The SMILES string of the molecule is Cc1nnccc1Oc1cc(SCc2ccccn2)cnc1/N=c1/[nH]c(C(O)CO)bs1. The van der Waals surface area contributed by atoms with Gasteiger partial charge in [0.25, 0.3) is 0 Å². The van der Waals surface area contributed by atoms with Crippen LogP contribution < -0.4 is 9.54 Å². The number of aromatic amines is 1. The van der Waals surface area contributed by atoms with Crippen molar-refractivity contribution in [1.29, 1.82) is 0 Å². The monoisotopic (exact) mass is 466 g/mol. The van der Waals surface area contributed by atoms with Gasteiger partial charge in [0, 0.05) is 0 Å². The van der Waals surface area contributed by atoms with E-state index in [1.807, 2.05) is 31.2 Å². The Hall–Kier alpha value is -2.93. The Balaban J connectivity index is 1.66. The summed E-state index contributed by atoms with van der Waals surface area (Å²) in [7, 11) is 0. The fourth-order valence-corrected chi connectivity index (χ4v) is 4.20. The minimum absolute atomic E-state index is 0.367. The summed E-state index contributed by atoms with van der Waals surface area (Å²) in [4.78, 5) is 17.8. The van der Waals surface area contributed by atoms with Gasteiger partial charge in [-0.05, 0) is 6.07 Å². The van der Waals surface area contributed by atoms with Gasteiger partial charge >= 0.3 is 186 Å². The molecule has 0 aliphatic heterocycles. The fraction of sp³-hybridized carbons (Fsp3) is 0.200. The second-order valence-electron chi connectivity index (χ2n) is 6.62. The first-order chi connectivity index (χ1) is 15.6. The van der Waals surface area contributed by atoms with E-state index in [0.717, 1.165) is 10.6 Å². The topological polar surface area (TPSA) is 129 Å². The van der Waals surface area contributed by atoms with Gasteiger partial charge in [0.15, 0.2) is 0 Å². The van der Waals surface area contributed by atoms with Crippen molar-refractivity contribution in [3.05, 3.63) is 70.7 Å². The molecule has 0 amide bonds. The zero-order valence-corrected chi connectivity index (χ0v) is 18.7. The number of H-pyrrole nitrogens is 1. The van der Waals surface area contributed by atoms with Crippen molar-refractivity contribution in [2.45, 2.75) is 23.7 Å². The zero-order chi connectivity index (χ0) is 22.3. The molecule has 0 spiro atoms. The third-order valence-electron chi connectivity index (χ3n) is 4.29. The zero-order valence-electron chi connectivity index (χ0n) is 17.0. The van der Waals surface area contributed by atoms with Gasteiger partial charge in [-0.1, -0.05) is 0 Å². The first-order valence-corrected chi connectivity index (χ1v) is 11.5. The molecule has 1 unspecified atom stereocenters. The van der Waals surface area contributed by atoms with Crippen LogP contribution in [0, 0.1) is 6.92 Å². The van der Waals surface area contributed by atoms with E-state index < -0.39 is 6.10 Å². The van der Waals surface area contributed by atoms with Crippen LogP contribution in [0.5, 0.6) is 11.5 Å². The number of pyridine rings is 2. The summed E-state index contributed by atoms with van der Waals surface area (Å²) in [5.74, 6) is 2.07. The molecule has 0 saturated carbocycles. The van der Waals surface area contributed by atoms with Gasteiger partial charge in [-0.2, -0.15) is 0 Å². The molecule has 0 bridgehead atoms. The van der Waals surface area contributed by atoms with Gasteiger partial charge in [-0.25, -0.2) is 0 Å². The van der Waals surface area contributed by atoms with Crippen LogP contribution in [0.4, 0.5) is 5.82 Å². The number of thioether (sulfide) groups is 1. The summed E-state index contributed by atoms with van der Waals surface area (Å²) in [6.07, 6.45) is 5.77. The summed E-state index contributed by atoms with van der Waals surface area (Å²) < 4.78 is 6.09. The first-order valence-electron chi connectivity index (χ1n) is 9.62. The van der Waals surface area contributed by atoms with Crippen LogP contribution in [0.2, 0.25) is 0 Å². The number of hydrogen-bond acceptors (Lipinski definition) is 10. The third-order valence-corrected chi connectivity index (χ3v) is 6.07. The van der Waals surface area contributed by atoms with Crippen molar-refractivity contribution in [1.82, 2.24) is 25.1 Å². The molecule has 32 heavy (non-hydrogen) atoms. The van der Waals surface area contributed by atoms with E-state index in [-0.39, 0.29) is 6.61 Å². The third kappa shape index (κ3) is 5.65. The van der Waals surface area contributed by atoms with Crippen LogP contribution in [0.1, 0.15) is 23.1 Å². The normalized spacial score (nSPS) is 12.5. The van der Waals surface area contributed by atoms with Crippen molar-refractivity contribution < 1.29 is 14.9 Å². The summed E-state index contributed by atoms with van der Waals surface area (Å²) >= 11 is 2.88. The molecule has 0 aliphatic rings. The predicted octanol–water partition coefficient (Wildman–Crippen LogP) is 2.65. The van der Waals surface area contributed by atoms with Gasteiger partial charge in [0.2, 0.25) is 0 Å². The Bertz CT molecular complexity index is 1250. The molecule has 0 fully saturated rings. The Labute approximate surface area is 192 Å². The fourth-order valence-electron chi connectivity index (χ4n) is 2.63. The van der Waals surface area contributed by atoms with E-state index in [2.05, 4.69) is 30.1 Å².